The summed E-state index contributed by atoms with van der Waals surface area (Å²) < 4.78 is 36.6. The standard InChI is InChI=1S/C20H25N3O5S/c1-14-6-9-17(10-7-14)29(25,26)23(3)13-20(24)22-21-15(2)18-12-16(27-4)8-11-19(18)28-5/h6-12H,13H2,1-5H3,(H,22,24)/b21-15-. The van der Waals surface area contributed by atoms with Crippen LogP contribution in [0.2, 0.25) is 0 Å². The fourth-order valence-electron chi connectivity index (χ4n) is 2.52. The zero-order chi connectivity index (χ0) is 21.6. The van der Waals surface area contributed by atoms with Crippen LogP contribution < -0.4 is 14.9 Å². The smallest absolute Gasteiger partial charge is 0.255 e. The second-order valence-electron chi connectivity index (χ2n) is 6.37. The van der Waals surface area contributed by atoms with E-state index in [1.807, 2.05) is 6.92 Å². The van der Waals surface area contributed by atoms with Gasteiger partial charge in [-0.15, -0.1) is 0 Å². The topological polar surface area (TPSA) is 97.3 Å². The first-order chi connectivity index (χ1) is 13.7. The number of amides is 1. The molecular weight excluding hydrogens is 394 g/mol. The number of carbonyl (C=O) groups is 1. The molecule has 0 atom stereocenters. The molecule has 9 heteroatoms. The van der Waals surface area contributed by atoms with Crippen molar-refractivity contribution in [2.75, 3.05) is 27.8 Å². The van der Waals surface area contributed by atoms with Gasteiger partial charge in [0.05, 0.1) is 31.4 Å². The molecular formula is C20H25N3O5S. The quantitative estimate of drug-likeness (QED) is 0.522. The molecule has 0 heterocycles. The Bertz CT molecular complexity index is 1000. The van der Waals surface area contributed by atoms with Gasteiger partial charge < -0.3 is 9.47 Å². The SMILES string of the molecule is COc1ccc(OC)c(/C(C)=N\NC(=O)CN(C)S(=O)(=O)c2ccc(C)cc2)c1. The maximum atomic E-state index is 12.6. The zero-order valence-corrected chi connectivity index (χ0v) is 17.9. The zero-order valence-electron chi connectivity index (χ0n) is 17.1. The molecule has 0 saturated carbocycles. The highest BCUT2D eigenvalue weighted by Gasteiger charge is 2.22. The fourth-order valence-corrected chi connectivity index (χ4v) is 3.64. The molecule has 0 aliphatic rings. The second-order valence-corrected chi connectivity index (χ2v) is 8.42. The summed E-state index contributed by atoms with van der Waals surface area (Å²) in [6.07, 6.45) is 0. The summed E-state index contributed by atoms with van der Waals surface area (Å²) in [5.41, 5.74) is 4.46. The minimum Gasteiger partial charge on any atom is -0.497 e. The van der Waals surface area contributed by atoms with Gasteiger partial charge in [-0.3, -0.25) is 4.79 Å². The van der Waals surface area contributed by atoms with Gasteiger partial charge in [0.15, 0.2) is 0 Å². The molecule has 0 aliphatic carbocycles. The van der Waals surface area contributed by atoms with Crippen molar-refractivity contribution >= 4 is 21.6 Å². The Hall–Kier alpha value is -2.91. The summed E-state index contributed by atoms with van der Waals surface area (Å²) in [4.78, 5) is 12.3. The van der Waals surface area contributed by atoms with Crippen molar-refractivity contribution in [3.8, 4) is 11.5 Å². The average molecular weight is 420 g/mol. The van der Waals surface area contributed by atoms with E-state index in [0.29, 0.717) is 22.8 Å². The summed E-state index contributed by atoms with van der Waals surface area (Å²) in [5.74, 6) is 0.621. The van der Waals surface area contributed by atoms with Crippen LogP contribution in [0.1, 0.15) is 18.1 Å². The molecule has 29 heavy (non-hydrogen) atoms. The first-order valence-electron chi connectivity index (χ1n) is 8.77. The Morgan fingerprint density at radius 2 is 1.76 bits per heavy atom. The van der Waals surface area contributed by atoms with Gasteiger partial charge in [-0.25, -0.2) is 13.8 Å². The van der Waals surface area contributed by atoms with Crippen molar-refractivity contribution in [3.05, 3.63) is 53.6 Å². The molecule has 156 valence electrons. The first-order valence-corrected chi connectivity index (χ1v) is 10.2. The summed E-state index contributed by atoms with van der Waals surface area (Å²) in [5, 5.41) is 4.06. The Balaban J connectivity index is 2.09. The molecule has 0 radical (unpaired) electrons. The number of sulfonamides is 1. The minimum absolute atomic E-state index is 0.124. The third kappa shape index (κ3) is 5.55. The Labute approximate surface area is 171 Å². The molecule has 1 N–H and O–H groups in total. The van der Waals surface area contributed by atoms with Gasteiger partial charge in [-0.05, 0) is 44.2 Å². The van der Waals surface area contributed by atoms with E-state index in [9.17, 15) is 13.2 Å². The van der Waals surface area contributed by atoms with E-state index in [1.54, 1.807) is 44.4 Å². The third-order valence-corrected chi connectivity index (χ3v) is 6.06. The van der Waals surface area contributed by atoms with E-state index in [2.05, 4.69) is 10.5 Å². The van der Waals surface area contributed by atoms with Gasteiger partial charge in [-0.2, -0.15) is 9.41 Å². The number of nitrogens with zero attached hydrogens (tertiary/aromatic N) is 2. The average Bonchev–Trinajstić information content (AvgIpc) is 2.71. The maximum absolute atomic E-state index is 12.6. The Morgan fingerprint density at radius 3 is 2.34 bits per heavy atom. The number of ether oxygens (including phenoxy) is 2. The molecule has 2 aromatic carbocycles. The number of nitrogens with one attached hydrogen (secondary N) is 1. The molecule has 1 amide bonds. The van der Waals surface area contributed by atoms with Crippen molar-refractivity contribution in [1.29, 1.82) is 0 Å². The monoisotopic (exact) mass is 419 g/mol. The van der Waals surface area contributed by atoms with E-state index >= 15 is 0 Å². The van der Waals surface area contributed by atoms with Crippen molar-refractivity contribution in [2.24, 2.45) is 5.10 Å². The Kier molecular flexibility index (Phi) is 7.35. The van der Waals surface area contributed by atoms with E-state index in [1.165, 1.54) is 26.3 Å². The van der Waals surface area contributed by atoms with Crippen LogP contribution in [0.3, 0.4) is 0 Å². The first kappa shape index (κ1) is 22.4. The van der Waals surface area contributed by atoms with Crippen LogP contribution in [0.4, 0.5) is 0 Å². The van der Waals surface area contributed by atoms with Crippen LogP contribution in [0.25, 0.3) is 0 Å². The highest BCUT2D eigenvalue weighted by atomic mass is 32.2. The van der Waals surface area contributed by atoms with Crippen molar-refractivity contribution in [2.45, 2.75) is 18.7 Å². The summed E-state index contributed by atoms with van der Waals surface area (Å²) in [6, 6.07) is 11.6. The van der Waals surface area contributed by atoms with Crippen LogP contribution in [0.5, 0.6) is 11.5 Å². The molecule has 2 rings (SSSR count). The van der Waals surface area contributed by atoms with Crippen molar-refractivity contribution in [1.82, 2.24) is 9.73 Å². The van der Waals surface area contributed by atoms with Gasteiger partial charge in [0.1, 0.15) is 11.5 Å². The van der Waals surface area contributed by atoms with Crippen LogP contribution in [0.15, 0.2) is 52.5 Å². The highest BCUT2D eigenvalue weighted by Crippen LogP contribution is 2.24. The predicted molar refractivity (Wildman–Crippen MR) is 111 cm³/mol. The number of rotatable bonds is 8. The number of hydrazone groups is 1. The van der Waals surface area contributed by atoms with E-state index in [4.69, 9.17) is 9.47 Å². The van der Waals surface area contributed by atoms with Gasteiger partial charge in [-0.1, -0.05) is 17.7 Å². The molecule has 0 bridgehead atoms. The second kappa shape index (κ2) is 9.53. The van der Waals surface area contributed by atoms with Crippen LogP contribution in [0, 0.1) is 6.92 Å². The molecule has 0 aliphatic heterocycles. The molecule has 0 spiro atoms. The molecule has 0 unspecified atom stereocenters. The lowest BCUT2D eigenvalue weighted by molar-refractivity contribution is -0.121. The predicted octanol–water partition coefficient (Wildman–Crippen LogP) is 2.17. The third-order valence-electron chi connectivity index (χ3n) is 4.24. The van der Waals surface area contributed by atoms with Crippen LogP contribution in [-0.4, -0.2) is 52.2 Å². The number of methoxy groups -OCH3 is 2. The number of aryl methyl sites for hydroxylation is 1. The maximum Gasteiger partial charge on any atom is 0.255 e. The van der Waals surface area contributed by atoms with E-state index in [-0.39, 0.29) is 11.4 Å². The number of hydrogen-bond acceptors (Lipinski definition) is 6. The van der Waals surface area contributed by atoms with Crippen molar-refractivity contribution in [3.63, 3.8) is 0 Å². The number of carbonyl (C=O) groups excluding carboxylic acids is 1. The van der Waals surface area contributed by atoms with E-state index < -0.39 is 15.9 Å². The van der Waals surface area contributed by atoms with Gasteiger partial charge in [0, 0.05) is 12.6 Å². The largest absolute Gasteiger partial charge is 0.497 e. The van der Waals surface area contributed by atoms with Gasteiger partial charge in [0.2, 0.25) is 10.0 Å². The number of hydrogen-bond donors (Lipinski definition) is 1. The molecule has 8 nitrogen and oxygen atoms in total. The minimum atomic E-state index is -3.77. The van der Waals surface area contributed by atoms with E-state index in [0.717, 1.165) is 9.87 Å². The van der Waals surface area contributed by atoms with Gasteiger partial charge >= 0.3 is 0 Å². The molecule has 0 saturated heterocycles. The van der Waals surface area contributed by atoms with Crippen molar-refractivity contribution < 1.29 is 22.7 Å². The fraction of sp³-hybridized carbons (Fsp3) is 0.300. The lowest BCUT2D eigenvalue weighted by Gasteiger charge is -2.16. The molecule has 0 aromatic heterocycles. The van der Waals surface area contributed by atoms with Crippen LogP contribution in [-0.2, 0) is 14.8 Å². The normalized spacial score (nSPS) is 12.0. The lowest BCUT2D eigenvalue weighted by atomic mass is 10.1. The summed E-state index contributed by atoms with van der Waals surface area (Å²) in [7, 11) is 0.646. The van der Waals surface area contributed by atoms with Crippen LogP contribution >= 0.6 is 0 Å². The summed E-state index contributed by atoms with van der Waals surface area (Å²) >= 11 is 0. The Morgan fingerprint density at radius 1 is 1.10 bits per heavy atom. The summed E-state index contributed by atoms with van der Waals surface area (Å²) in [6.45, 7) is 3.19. The van der Waals surface area contributed by atoms with Gasteiger partial charge in [0.25, 0.3) is 5.91 Å². The molecule has 0 fully saturated rings. The molecule has 2 aromatic rings. The lowest BCUT2D eigenvalue weighted by Crippen LogP contribution is -2.36. The highest BCUT2D eigenvalue weighted by molar-refractivity contribution is 7.89. The number of likely N-dealkylation sites (N-methyl/N-ethyl adjacent to an activating group) is 1. The number of benzene rings is 2.